The second kappa shape index (κ2) is 8.58. The summed E-state index contributed by atoms with van der Waals surface area (Å²) in [7, 11) is 1.49. The van der Waals surface area contributed by atoms with Crippen molar-refractivity contribution in [3.8, 4) is 10.6 Å². The van der Waals surface area contributed by atoms with Crippen molar-refractivity contribution in [3.05, 3.63) is 40.9 Å². The van der Waals surface area contributed by atoms with E-state index in [-0.39, 0.29) is 11.6 Å². The molecular formula is C19H25F2N3OS. The van der Waals surface area contributed by atoms with Crippen LogP contribution in [-0.4, -0.2) is 22.2 Å². The van der Waals surface area contributed by atoms with Gasteiger partial charge >= 0.3 is 0 Å². The van der Waals surface area contributed by atoms with Crippen LogP contribution in [0.25, 0.3) is 10.6 Å². The highest BCUT2D eigenvalue weighted by atomic mass is 32.1. The average molecular weight is 381 g/mol. The smallest absolute Gasteiger partial charge is 0.286 e. The van der Waals surface area contributed by atoms with Gasteiger partial charge in [0.2, 0.25) is 0 Å². The molecule has 2 heterocycles. The molecule has 2 aromatic rings. The number of thiophene rings is 1. The Morgan fingerprint density at radius 2 is 2.15 bits per heavy atom. The number of hydrogen-bond donors (Lipinski definition) is 1. The van der Waals surface area contributed by atoms with Gasteiger partial charge in [0, 0.05) is 20.5 Å². The van der Waals surface area contributed by atoms with Gasteiger partial charge in [-0.05, 0) is 37.0 Å². The molecule has 0 fully saturated rings. The second-order valence-corrected chi connectivity index (χ2v) is 7.61. The van der Waals surface area contributed by atoms with Gasteiger partial charge in [0.15, 0.2) is 0 Å². The summed E-state index contributed by atoms with van der Waals surface area (Å²) in [4.78, 5) is 13.5. The highest BCUT2D eigenvalue weighted by Crippen LogP contribution is 2.32. The molecule has 1 unspecified atom stereocenters. The van der Waals surface area contributed by atoms with E-state index in [9.17, 15) is 13.6 Å². The van der Waals surface area contributed by atoms with Crippen LogP contribution in [0, 0.1) is 5.92 Å². The number of allylic oxidation sites excluding steroid dienone is 2. The minimum Gasteiger partial charge on any atom is -0.351 e. The Bertz CT molecular complexity index is 774. The van der Waals surface area contributed by atoms with Gasteiger partial charge in [-0.15, -0.1) is 11.3 Å². The second-order valence-electron chi connectivity index (χ2n) is 6.52. The lowest BCUT2D eigenvalue weighted by atomic mass is 10.1. The third-order valence-corrected chi connectivity index (χ3v) is 5.07. The monoisotopic (exact) mass is 381 g/mol. The van der Waals surface area contributed by atoms with Crippen molar-refractivity contribution in [3.63, 3.8) is 0 Å². The van der Waals surface area contributed by atoms with E-state index < -0.39 is 5.92 Å². The molecule has 0 bridgehead atoms. The van der Waals surface area contributed by atoms with Gasteiger partial charge in [-0.1, -0.05) is 26.0 Å². The molecule has 1 N–H and O–H groups in total. The first-order valence-corrected chi connectivity index (χ1v) is 9.49. The van der Waals surface area contributed by atoms with E-state index in [4.69, 9.17) is 0 Å². The van der Waals surface area contributed by atoms with Crippen molar-refractivity contribution < 1.29 is 13.6 Å². The number of alkyl halides is 2. The van der Waals surface area contributed by atoms with Crippen LogP contribution in [0.5, 0.6) is 0 Å². The van der Waals surface area contributed by atoms with Gasteiger partial charge in [0.25, 0.3) is 11.8 Å². The predicted octanol–water partition coefficient (Wildman–Crippen LogP) is 4.98. The molecule has 0 spiro atoms. The van der Waals surface area contributed by atoms with E-state index in [1.54, 1.807) is 12.1 Å². The molecule has 7 heteroatoms. The van der Waals surface area contributed by atoms with Crippen molar-refractivity contribution in [2.75, 3.05) is 6.54 Å². The first kappa shape index (κ1) is 20.3. The summed E-state index contributed by atoms with van der Waals surface area (Å²) in [6.07, 6.45) is 6.18. The number of rotatable bonds is 8. The number of aryl methyl sites for hydroxylation is 1. The number of carbonyl (C=O) groups excluding carboxylic acids is 1. The molecule has 0 radical (unpaired) electrons. The van der Waals surface area contributed by atoms with Crippen molar-refractivity contribution in [2.24, 2.45) is 13.0 Å². The van der Waals surface area contributed by atoms with E-state index in [1.807, 2.05) is 0 Å². The minimum absolute atomic E-state index is 0.149. The first-order chi connectivity index (χ1) is 12.2. The Morgan fingerprint density at radius 3 is 2.77 bits per heavy atom. The Labute approximate surface area is 156 Å². The zero-order valence-corrected chi connectivity index (χ0v) is 16.4. The number of amides is 1. The van der Waals surface area contributed by atoms with Crippen LogP contribution in [-0.2, 0) is 13.0 Å². The predicted molar refractivity (Wildman–Crippen MR) is 102 cm³/mol. The van der Waals surface area contributed by atoms with E-state index in [0.29, 0.717) is 27.9 Å². The topological polar surface area (TPSA) is 46.9 Å². The van der Waals surface area contributed by atoms with Gasteiger partial charge in [0.1, 0.15) is 11.4 Å². The lowest BCUT2D eigenvalue weighted by molar-refractivity contribution is 0.00882. The number of hydrogen-bond acceptors (Lipinski definition) is 3. The summed E-state index contributed by atoms with van der Waals surface area (Å²) >= 11 is 1.25. The summed E-state index contributed by atoms with van der Waals surface area (Å²) in [6, 6.07) is 4.82. The third-order valence-electron chi connectivity index (χ3n) is 3.96. The standard InChI is InChI=1S/C19H25F2N3OS/c1-5-6-7-8-13(2)12-22-18(25)16-10-9-15(26-16)14-11-17(19(3,20)21)24(4)23-14/h6-7,9-11,13H,5,8,12H2,1-4H3,(H,22,25)/b7-6-. The molecule has 0 aliphatic heterocycles. The summed E-state index contributed by atoms with van der Waals surface area (Å²) in [5.74, 6) is -2.75. The fraction of sp³-hybridized carbons (Fsp3) is 0.474. The summed E-state index contributed by atoms with van der Waals surface area (Å²) in [5, 5.41) is 7.07. The Morgan fingerprint density at radius 1 is 1.42 bits per heavy atom. The minimum atomic E-state index is -2.96. The Kier molecular flexibility index (Phi) is 6.69. The SMILES string of the molecule is CC/C=C\CC(C)CNC(=O)c1ccc(-c2cc(C(C)(F)F)n(C)n2)s1. The van der Waals surface area contributed by atoms with Gasteiger partial charge in [0.05, 0.1) is 9.75 Å². The number of halogens is 2. The zero-order valence-electron chi connectivity index (χ0n) is 15.6. The van der Waals surface area contributed by atoms with Crippen LogP contribution >= 0.6 is 11.3 Å². The molecule has 2 aromatic heterocycles. The van der Waals surface area contributed by atoms with Crippen LogP contribution in [0.2, 0.25) is 0 Å². The van der Waals surface area contributed by atoms with Gasteiger partial charge in [-0.2, -0.15) is 13.9 Å². The molecule has 0 aliphatic carbocycles. The fourth-order valence-electron chi connectivity index (χ4n) is 2.53. The van der Waals surface area contributed by atoms with E-state index in [1.165, 1.54) is 29.1 Å². The summed E-state index contributed by atoms with van der Waals surface area (Å²) in [5.41, 5.74) is 0.298. The van der Waals surface area contributed by atoms with Crippen LogP contribution in [0.4, 0.5) is 8.78 Å². The quantitative estimate of drug-likeness (QED) is 0.655. The number of nitrogens with one attached hydrogen (secondary N) is 1. The van der Waals surface area contributed by atoms with Gasteiger partial charge in [-0.3, -0.25) is 9.48 Å². The number of nitrogens with zero attached hydrogens (tertiary/aromatic N) is 2. The molecule has 0 aliphatic rings. The van der Waals surface area contributed by atoms with Crippen molar-refractivity contribution >= 4 is 17.2 Å². The van der Waals surface area contributed by atoms with Crippen molar-refractivity contribution in [1.82, 2.24) is 15.1 Å². The Balaban J connectivity index is 2.01. The molecule has 142 valence electrons. The van der Waals surface area contributed by atoms with Gasteiger partial charge in [-0.25, -0.2) is 0 Å². The maximum absolute atomic E-state index is 13.5. The van der Waals surface area contributed by atoms with Crippen LogP contribution in [0.1, 0.15) is 49.0 Å². The molecule has 4 nitrogen and oxygen atoms in total. The third kappa shape index (κ3) is 5.24. The van der Waals surface area contributed by atoms with Crippen LogP contribution < -0.4 is 5.32 Å². The molecular weight excluding hydrogens is 356 g/mol. The zero-order chi connectivity index (χ0) is 19.3. The average Bonchev–Trinajstić information content (AvgIpc) is 3.19. The van der Waals surface area contributed by atoms with E-state index >= 15 is 0 Å². The first-order valence-electron chi connectivity index (χ1n) is 8.68. The van der Waals surface area contributed by atoms with Crippen LogP contribution in [0.3, 0.4) is 0 Å². The highest BCUT2D eigenvalue weighted by Gasteiger charge is 2.29. The lowest BCUT2D eigenvalue weighted by Crippen LogP contribution is -2.27. The van der Waals surface area contributed by atoms with Crippen LogP contribution in [0.15, 0.2) is 30.4 Å². The van der Waals surface area contributed by atoms with Crippen molar-refractivity contribution in [2.45, 2.75) is 39.5 Å². The van der Waals surface area contributed by atoms with E-state index in [2.05, 4.69) is 36.4 Å². The molecule has 26 heavy (non-hydrogen) atoms. The van der Waals surface area contributed by atoms with Gasteiger partial charge < -0.3 is 5.32 Å². The number of aromatic nitrogens is 2. The molecule has 2 rings (SSSR count). The maximum Gasteiger partial charge on any atom is 0.286 e. The number of carbonyl (C=O) groups is 1. The maximum atomic E-state index is 13.5. The molecule has 0 aromatic carbocycles. The largest absolute Gasteiger partial charge is 0.351 e. The summed E-state index contributed by atoms with van der Waals surface area (Å²) < 4.78 is 28.3. The molecule has 1 amide bonds. The Hall–Kier alpha value is -2.02. The summed E-state index contributed by atoms with van der Waals surface area (Å²) in [6.45, 7) is 5.61. The molecule has 0 saturated heterocycles. The normalized spacial score (nSPS) is 13.3. The molecule has 1 atom stereocenters. The molecule has 0 saturated carbocycles. The lowest BCUT2D eigenvalue weighted by Gasteiger charge is -2.09. The fourth-order valence-corrected chi connectivity index (χ4v) is 3.41. The van der Waals surface area contributed by atoms with E-state index in [0.717, 1.165) is 19.8 Å². The van der Waals surface area contributed by atoms with Crippen molar-refractivity contribution in [1.29, 1.82) is 0 Å². The highest BCUT2D eigenvalue weighted by molar-refractivity contribution is 7.17.